The smallest absolute Gasteiger partial charge is 0.151 e. The Kier molecular flexibility index (Phi) is 42.0. The van der Waals surface area contributed by atoms with E-state index >= 15 is 0 Å². The second kappa shape index (κ2) is 48.3. The molecule has 0 fully saturated rings. The van der Waals surface area contributed by atoms with E-state index in [1.54, 1.807) is 0 Å². The number of fused-ring (bicyclic) bond motifs is 14. The lowest BCUT2D eigenvalue weighted by molar-refractivity contribution is 0.475. The zero-order chi connectivity index (χ0) is 78.1. The average molecular weight is 1420 g/mol. The van der Waals surface area contributed by atoms with E-state index < -0.39 is 0 Å². The van der Waals surface area contributed by atoms with Gasteiger partial charge in [0.05, 0.1) is 50.8 Å². The van der Waals surface area contributed by atoms with Crippen molar-refractivity contribution in [1.29, 1.82) is 0 Å². The van der Waals surface area contributed by atoms with Gasteiger partial charge in [-0.2, -0.15) is 0 Å². The van der Waals surface area contributed by atoms with Crippen LogP contribution in [0.15, 0.2) is 271 Å². The molecule has 0 unspecified atom stereocenters. The molecule has 0 amide bonds. The van der Waals surface area contributed by atoms with E-state index in [2.05, 4.69) is 302 Å². The maximum atomic E-state index is 5.81. The van der Waals surface area contributed by atoms with Gasteiger partial charge in [-0.05, 0) is 108 Å². The van der Waals surface area contributed by atoms with Crippen molar-refractivity contribution >= 4 is 101 Å². The third-order valence-electron chi connectivity index (χ3n) is 16.6. The first-order valence-corrected chi connectivity index (χ1v) is 39.8. The number of para-hydroxylation sites is 14. The molecule has 8 heteroatoms. The predicted octanol–water partition coefficient (Wildman–Crippen LogP) is 31.1. The number of aromatic nitrogens is 2. The van der Waals surface area contributed by atoms with Gasteiger partial charge in [0.25, 0.3) is 0 Å². The normalized spacial score (nSPS) is 11.2. The standard InChI is InChI=1S/C19H14N2.C16H17N.C13H11NO.C13H11NS.C13H11N.11C2H6/c1-20-16-10-4-5-11-17(16)21-15-9-3-2-7-13(15)14-8-6-12-18(20)19(14)21;1-16(2)12-8-4-6-10-14(12)17(3)15-11-7-5-9-13(15)16;2*1-14-10-6-2-4-8-12(10)15-13-9-5-3-7-11(13)14;1-14-12-8-4-2-6-10(12)11-7-3-5-9-13(11)14;11*1-2/h2-12H,1H3;4-11H,1-3H3;2*2-9H,1H3;2-9H,1H3;11*1-2H3. The van der Waals surface area contributed by atoms with Crippen molar-refractivity contribution in [3.05, 3.63) is 272 Å². The van der Waals surface area contributed by atoms with Crippen molar-refractivity contribution in [3.63, 3.8) is 0 Å². The summed E-state index contributed by atoms with van der Waals surface area (Å²) in [5.74, 6) is 1.83. The number of ether oxygens (including phenoxy) is 1. The summed E-state index contributed by atoms with van der Waals surface area (Å²) in [7, 11) is 10.6. The maximum Gasteiger partial charge on any atom is 0.151 e. The molecular weight excluding hydrogens is 1290 g/mol. The van der Waals surface area contributed by atoms with Crippen LogP contribution in [0.4, 0.5) is 45.5 Å². The van der Waals surface area contributed by atoms with Crippen LogP contribution in [0.1, 0.15) is 177 Å². The molecule has 0 N–H and O–H groups in total. The number of nitrogens with zero attached hydrogens (tertiary/aromatic N) is 6. The molecule has 0 bridgehead atoms. The van der Waals surface area contributed by atoms with Crippen molar-refractivity contribution in [2.24, 2.45) is 7.05 Å². The van der Waals surface area contributed by atoms with Crippen LogP contribution in [0.2, 0.25) is 0 Å². The van der Waals surface area contributed by atoms with Crippen molar-refractivity contribution in [3.8, 4) is 17.2 Å². The second-order valence-electron chi connectivity index (χ2n) is 21.6. The number of hydrogen-bond acceptors (Lipinski definition) is 6. The molecule has 4 aliphatic heterocycles. The lowest BCUT2D eigenvalue weighted by Gasteiger charge is -2.40. The largest absolute Gasteiger partial charge is 0.453 e. The Balaban J connectivity index is 0.000000416. The predicted molar refractivity (Wildman–Crippen MR) is 473 cm³/mol. The van der Waals surface area contributed by atoms with E-state index in [0.717, 1.165) is 22.9 Å². The Labute approximate surface area is 636 Å². The van der Waals surface area contributed by atoms with Crippen molar-refractivity contribution in [2.75, 3.05) is 47.8 Å². The van der Waals surface area contributed by atoms with E-state index in [9.17, 15) is 0 Å². The maximum absolute atomic E-state index is 5.81. The van der Waals surface area contributed by atoms with E-state index in [4.69, 9.17) is 4.74 Å². The van der Waals surface area contributed by atoms with Crippen LogP contribution in [-0.4, -0.2) is 37.3 Å². The minimum absolute atomic E-state index is 0.0830. The number of hydrogen-bond donors (Lipinski definition) is 0. The Hall–Kier alpha value is -9.63. The minimum atomic E-state index is 0.0830. The molecule has 0 atom stereocenters. The zero-order valence-corrected chi connectivity index (χ0v) is 70.1. The van der Waals surface area contributed by atoms with Gasteiger partial charge in [0.2, 0.25) is 0 Å². The van der Waals surface area contributed by atoms with Crippen LogP contribution in [0.3, 0.4) is 0 Å². The fourth-order valence-corrected chi connectivity index (χ4v) is 13.5. The minimum Gasteiger partial charge on any atom is -0.453 e. The molecule has 4 aliphatic rings. The Morgan fingerprint density at radius 2 is 0.510 bits per heavy atom. The molecule has 17 rings (SSSR count). The molecule has 7 nitrogen and oxygen atoms in total. The lowest BCUT2D eigenvalue weighted by Crippen LogP contribution is -2.30. The van der Waals surface area contributed by atoms with E-state index in [0.29, 0.717) is 0 Å². The summed E-state index contributed by atoms with van der Waals surface area (Å²) < 4.78 is 10.4. The molecule has 0 spiro atoms. The van der Waals surface area contributed by atoms with Gasteiger partial charge >= 0.3 is 0 Å². The van der Waals surface area contributed by atoms with Crippen molar-refractivity contribution in [1.82, 2.24) is 9.13 Å². The van der Waals surface area contributed by atoms with Crippen molar-refractivity contribution in [2.45, 2.75) is 181 Å². The Bertz CT molecular complexity index is 4230. The van der Waals surface area contributed by atoms with Crippen LogP contribution >= 0.6 is 11.8 Å². The van der Waals surface area contributed by atoms with Gasteiger partial charge in [-0.1, -0.05) is 342 Å². The van der Waals surface area contributed by atoms with Crippen LogP contribution in [0, 0.1) is 0 Å². The van der Waals surface area contributed by atoms with Crippen LogP contribution in [-0.2, 0) is 12.5 Å². The summed E-state index contributed by atoms with van der Waals surface area (Å²) in [4.78, 5) is 11.6. The monoisotopic (exact) mass is 1420 g/mol. The first-order chi connectivity index (χ1) is 51.1. The quantitative estimate of drug-likeness (QED) is 0.150. The summed E-state index contributed by atoms with van der Waals surface area (Å²) in [6.07, 6.45) is 0. The molecule has 0 saturated carbocycles. The van der Waals surface area contributed by atoms with Crippen LogP contribution in [0.5, 0.6) is 11.5 Å². The summed E-state index contributed by atoms with van der Waals surface area (Å²) >= 11 is 1.84. The fourth-order valence-electron chi connectivity index (χ4n) is 12.3. The van der Waals surface area contributed by atoms with Crippen LogP contribution in [0.25, 0.3) is 49.3 Å². The number of aryl methyl sites for hydroxylation is 1. The number of anilines is 8. The first-order valence-electron chi connectivity index (χ1n) is 39.0. The van der Waals surface area contributed by atoms with Crippen LogP contribution < -0.4 is 24.3 Å². The second-order valence-corrected chi connectivity index (χ2v) is 22.7. The SMILES string of the molecule is CC.CC.CC.CC.CC.CC.CC.CC.CC.CC.CC.CN1c2ccccc2-n2c3ccccc3c3cccc1c32.CN1c2ccccc2C(C)(C)c2ccccc21.CN1c2ccccc2Oc2ccccc21.CN1c2ccccc2Sc2ccccc21.Cn1c2ccccc2c2ccccc21. The van der Waals surface area contributed by atoms with E-state index in [-0.39, 0.29) is 5.41 Å². The summed E-state index contributed by atoms with van der Waals surface area (Å²) in [6, 6.07) is 91.4. The Morgan fingerprint density at radius 3 is 0.933 bits per heavy atom. The van der Waals surface area contributed by atoms with E-state index in [1.807, 2.05) is 200 Å². The number of rotatable bonds is 0. The summed E-state index contributed by atoms with van der Waals surface area (Å²) in [5.41, 5.74) is 19.3. The lowest BCUT2D eigenvalue weighted by atomic mass is 9.74. The van der Waals surface area contributed by atoms with Gasteiger partial charge in [0.1, 0.15) is 0 Å². The molecule has 6 heterocycles. The van der Waals surface area contributed by atoms with Crippen molar-refractivity contribution < 1.29 is 4.74 Å². The molecule has 0 radical (unpaired) electrons. The highest BCUT2D eigenvalue weighted by Crippen LogP contribution is 2.50. The van der Waals surface area contributed by atoms with Gasteiger partial charge in [-0.25, -0.2) is 0 Å². The number of benzene rings is 11. The van der Waals surface area contributed by atoms with Gasteiger partial charge < -0.3 is 33.5 Å². The summed E-state index contributed by atoms with van der Waals surface area (Å²) in [6.45, 7) is 48.6. The topological polar surface area (TPSA) is 32.1 Å². The van der Waals surface area contributed by atoms with E-state index in [1.165, 1.54) is 104 Å². The molecule has 13 aromatic rings. The highest BCUT2D eigenvalue weighted by Gasteiger charge is 2.34. The third-order valence-corrected chi connectivity index (χ3v) is 17.7. The van der Waals surface area contributed by atoms with Gasteiger partial charge in [0, 0.05) is 94.4 Å². The highest BCUT2D eigenvalue weighted by atomic mass is 32.2. The molecular formula is C96H130N6OS. The molecule has 0 aliphatic carbocycles. The van der Waals surface area contributed by atoms with Gasteiger partial charge in [-0.15, -0.1) is 0 Å². The summed E-state index contributed by atoms with van der Waals surface area (Å²) in [5, 5.41) is 5.32. The zero-order valence-electron chi connectivity index (χ0n) is 69.3. The fraction of sp³-hybridized carbons (Fsp3) is 0.312. The molecule has 104 heavy (non-hydrogen) atoms. The molecule has 11 aromatic carbocycles. The average Bonchev–Trinajstić information content (AvgIpc) is 1.47. The molecule has 0 saturated heterocycles. The Morgan fingerprint density at radius 1 is 0.240 bits per heavy atom. The third kappa shape index (κ3) is 20.4. The van der Waals surface area contributed by atoms with Gasteiger partial charge in [-0.3, -0.25) is 0 Å². The molecule has 2 aromatic heterocycles. The van der Waals surface area contributed by atoms with Gasteiger partial charge in [0.15, 0.2) is 11.5 Å². The molecule has 556 valence electrons. The first kappa shape index (κ1) is 90.5. The highest BCUT2D eigenvalue weighted by molar-refractivity contribution is 7.99.